The largest absolute Gasteiger partial charge is 0.481 e. The van der Waals surface area contributed by atoms with Gasteiger partial charge in [-0.15, -0.1) is 0 Å². The molecule has 20 heavy (non-hydrogen) atoms. The highest BCUT2D eigenvalue weighted by molar-refractivity contribution is 5.81. The van der Waals surface area contributed by atoms with Crippen LogP contribution in [0.1, 0.15) is 26.3 Å². The molecule has 5 heteroatoms. The maximum Gasteiger partial charge on any atom is 0.300 e. The molecule has 1 atom stereocenters. The molecule has 0 saturated carbocycles. The van der Waals surface area contributed by atoms with Crippen molar-refractivity contribution in [3.05, 3.63) is 35.9 Å². The minimum absolute atomic E-state index is 0.0717. The molecule has 0 unspecified atom stereocenters. The first kappa shape index (κ1) is 18.1. The third-order valence-corrected chi connectivity index (χ3v) is 2.32. The number of carboxylic acid groups (broad SMARTS) is 1. The van der Waals surface area contributed by atoms with Gasteiger partial charge in [0.1, 0.15) is 0 Å². The number of carboxylic acids is 1. The molecule has 0 bridgehead atoms. The number of carbonyl (C=O) groups excluding carboxylic acids is 1. The van der Waals surface area contributed by atoms with E-state index in [1.807, 2.05) is 30.3 Å². The van der Waals surface area contributed by atoms with E-state index in [1.165, 1.54) is 0 Å². The molecule has 0 spiro atoms. The highest BCUT2D eigenvalue weighted by Crippen LogP contribution is 2.01. The zero-order chi connectivity index (χ0) is 15.5. The summed E-state index contributed by atoms with van der Waals surface area (Å²) in [7, 11) is 0. The standard InChI is InChI=1S/C13H20N2O.C2H4O2/c1-10(2)9-15-13(16)12(14)8-11-6-4-3-5-7-11;1-2(3)4/h3-7,10,12H,8-9,14H2,1-2H3,(H,15,16);1H3,(H,3,4)/t12-;/m0./s1. The minimum atomic E-state index is -0.833. The molecule has 4 N–H and O–H groups in total. The molecular weight excluding hydrogens is 256 g/mol. The van der Waals surface area contributed by atoms with E-state index in [0.29, 0.717) is 18.9 Å². The molecule has 0 radical (unpaired) electrons. The predicted octanol–water partition coefficient (Wildman–Crippen LogP) is 1.42. The number of nitrogens with two attached hydrogens (primary N) is 1. The van der Waals surface area contributed by atoms with Crippen LogP contribution in [0.3, 0.4) is 0 Å². The summed E-state index contributed by atoms with van der Waals surface area (Å²) < 4.78 is 0. The normalized spacial score (nSPS) is 11.2. The van der Waals surface area contributed by atoms with Crippen molar-refractivity contribution in [2.75, 3.05) is 6.54 Å². The summed E-state index contributed by atoms with van der Waals surface area (Å²) in [6.45, 7) is 5.88. The summed E-state index contributed by atoms with van der Waals surface area (Å²) in [5, 5.41) is 10.3. The third-order valence-electron chi connectivity index (χ3n) is 2.32. The van der Waals surface area contributed by atoms with Crippen molar-refractivity contribution >= 4 is 11.9 Å². The average molecular weight is 280 g/mol. The Labute approximate surface area is 120 Å². The topological polar surface area (TPSA) is 92.4 Å². The number of rotatable bonds is 5. The molecule has 5 nitrogen and oxygen atoms in total. The van der Waals surface area contributed by atoms with Crippen LogP contribution in [-0.4, -0.2) is 29.6 Å². The van der Waals surface area contributed by atoms with Gasteiger partial charge in [-0.3, -0.25) is 9.59 Å². The van der Waals surface area contributed by atoms with Crippen molar-refractivity contribution in [1.82, 2.24) is 5.32 Å². The fourth-order valence-corrected chi connectivity index (χ4v) is 1.40. The number of carbonyl (C=O) groups is 2. The number of nitrogens with one attached hydrogen (secondary N) is 1. The van der Waals surface area contributed by atoms with Gasteiger partial charge >= 0.3 is 0 Å². The Hall–Kier alpha value is -1.88. The Kier molecular flexibility index (Phi) is 9.04. The van der Waals surface area contributed by atoms with Gasteiger partial charge < -0.3 is 16.2 Å². The number of benzene rings is 1. The van der Waals surface area contributed by atoms with E-state index < -0.39 is 12.0 Å². The first-order chi connectivity index (χ1) is 9.32. The second kappa shape index (κ2) is 9.97. The van der Waals surface area contributed by atoms with Crippen molar-refractivity contribution in [3.8, 4) is 0 Å². The van der Waals surface area contributed by atoms with E-state index in [4.69, 9.17) is 15.6 Å². The lowest BCUT2D eigenvalue weighted by atomic mass is 10.1. The Morgan fingerprint density at radius 3 is 2.20 bits per heavy atom. The lowest BCUT2D eigenvalue weighted by molar-refractivity contribution is -0.134. The summed E-state index contributed by atoms with van der Waals surface area (Å²) in [5.74, 6) is -0.453. The highest BCUT2D eigenvalue weighted by Gasteiger charge is 2.13. The maximum absolute atomic E-state index is 11.6. The van der Waals surface area contributed by atoms with Crippen LogP contribution in [0.5, 0.6) is 0 Å². The summed E-state index contributed by atoms with van der Waals surface area (Å²) >= 11 is 0. The quantitative estimate of drug-likeness (QED) is 0.760. The van der Waals surface area contributed by atoms with E-state index in [0.717, 1.165) is 12.5 Å². The van der Waals surface area contributed by atoms with Crippen LogP contribution in [0, 0.1) is 5.92 Å². The van der Waals surface area contributed by atoms with Gasteiger partial charge in [0.05, 0.1) is 6.04 Å². The molecule has 0 aliphatic carbocycles. The minimum Gasteiger partial charge on any atom is -0.481 e. The zero-order valence-corrected chi connectivity index (χ0v) is 12.3. The van der Waals surface area contributed by atoms with Crippen LogP contribution in [0.2, 0.25) is 0 Å². The van der Waals surface area contributed by atoms with Crippen LogP contribution in [0.15, 0.2) is 30.3 Å². The molecule has 0 fully saturated rings. The van der Waals surface area contributed by atoms with Gasteiger partial charge in [0.15, 0.2) is 0 Å². The van der Waals surface area contributed by atoms with Crippen LogP contribution in [0.25, 0.3) is 0 Å². The second-order valence-corrected chi connectivity index (χ2v) is 4.95. The maximum atomic E-state index is 11.6. The van der Waals surface area contributed by atoms with E-state index >= 15 is 0 Å². The first-order valence-corrected chi connectivity index (χ1v) is 6.59. The van der Waals surface area contributed by atoms with Crippen molar-refractivity contribution in [2.24, 2.45) is 11.7 Å². The van der Waals surface area contributed by atoms with Gasteiger partial charge in [0.2, 0.25) is 5.91 Å². The fourth-order valence-electron chi connectivity index (χ4n) is 1.40. The number of hydrogen-bond acceptors (Lipinski definition) is 3. The summed E-state index contributed by atoms with van der Waals surface area (Å²) in [6.07, 6.45) is 0.588. The van der Waals surface area contributed by atoms with E-state index in [9.17, 15) is 4.79 Å². The van der Waals surface area contributed by atoms with Crippen LogP contribution < -0.4 is 11.1 Å². The smallest absolute Gasteiger partial charge is 0.300 e. The Morgan fingerprint density at radius 2 is 1.75 bits per heavy atom. The van der Waals surface area contributed by atoms with Gasteiger partial charge in [-0.2, -0.15) is 0 Å². The van der Waals surface area contributed by atoms with Gasteiger partial charge in [0, 0.05) is 13.5 Å². The van der Waals surface area contributed by atoms with Gasteiger partial charge in [0.25, 0.3) is 5.97 Å². The molecular formula is C15H24N2O3. The van der Waals surface area contributed by atoms with E-state index in [2.05, 4.69) is 19.2 Å². The lowest BCUT2D eigenvalue weighted by Gasteiger charge is -2.13. The Morgan fingerprint density at radius 1 is 1.25 bits per heavy atom. The van der Waals surface area contributed by atoms with Crippen LogP contribution in [-0.2, 0) is 16.0 Å². The number of amides is 1. The molecule has 1 aromatic carbocycles. The molecule has 112 valence electrons. The average Bonchev–Trinajstić information content (AvgIpc) is 2.36. The molecule has 0 aromatic heterocycles. The van der Waals surface area contributed by atoms with Gasteiger partial charge in [-0.05, 0) is 17.9 Å². The Balaban J connectivity index is 0.000000796. The SMILES string of the molecule is CC(=O)O.CC(C)CNC(=O)[C@@H](N)Cc1ccccc1. The van der Waals surface area contributed by atoms with Gasteiger partial charge in [-0.25, -0.2) is 0 Å². The predicted molar refractivity (Wildman–Crippen MR) is 79.3 cm³/mol. The number of aliphatic carboxylic acids is 1. The van der Waals surface area contributed by atoms with E-state index in [-0.39, 0.29) is 5.91 Å². The van der Waals surface area contributed by atoms with Crippen molar-refractivity contribution < 1.29 is 14.7 Å². The molecule has 0 saturated heterocycles. The highest BCUT2D eigenvalue weighted by atomic mass is 16.4. The zero-order valence-electron chi connectivity index (χ0n) is 12.3. The van der Waals surface area contributed by atoms with Gasteiger partial charge in [-0.1, -0.05) is 44.2 Å². The van der Waals surface area contributed by atoms with E-state index in [1.54, 1.807) is 0 Å². The van der Waals surface area contributed by atoms with Crippen LogP contribution >= 0.6 is 0 Å². The second-order valence-electron chi connectivity index (χ2n) is 4.95. The van der Waals surface area contributed by atoms with Crippen molar-refractivity contribution in [2.45, 2.75) is 33.2 Å². The summed E-state index contributed by atoms with van der Waals surface area (Å²) in [6, 6.07) is 9.36. The monoisotopic (exact) mass is 280 g/mol. The third kappa shape index (κ3) is 10.1. The fraction of sp³-hybridized carbons (Fsp3) is 0.467. The number of hydrogen-bond donors (Lipinski definition) is 3. The van der Waals surface area contributed by atoms with Crippen LogP contribution in [0.4, 0.5) is 0 Å². The summed E-state index contributed by atoms with van der Waals surface area (Å²) in [5.41, 5.74) is 6.92. The lowest BCUT2D eigenvalue weighted by Crippen LogP contribution is -2.43. The molecule has 1 aromatic rings. The molecule has 1 amide bonds. The Bertz CT molecular complexity index is 401. The molecule has 0 aliphatic heterocycles. The molecule has 0 aliphatic rings. The molecule has 0 heterocycles. The molecule has 1 rings (SSSR count). The van der Waals surface area contributed by atoms with Crippen molar-refractivity contribution in [3.63, 3.8) is 0 Å². The first-order valence-electron chi connectivity index (χ1n) is 6.59. The summed E-state index contributed by atoms with van der Waals surface area (Å²) in [4.78, 5) is 20.6. The van der Waals surface area contributed by atoms with Crippen molar-refractivity contribution in [1.29, 1.82) is 0 Å².